The molecule has 4 atom stereocenters. The molecule has 0 fully saturated rings. The van der Waals surface area contributed by atoms with Gasteiger partial charge in [0.25, 0.3) is 0 Å². The topological polar surface area (TPSA) is 29.1 Å². The van der Waals surface area contributed by atoms with Crippen molar-refractivity contribution in [1.82, 2.24) is 5.32 Å². The first-order chi connectivity index (χ1) is 8.34. The van der Waals surface area contributed by atoms with Crippen LogP contribution in [0.25, 0.3) is 0 Å². The number of hydrogen-bond acceptors (Lipinski definition) is 1. The maximum Gasteiger partial charge on any atom is 0.228 e. The highest BCUT2D eigenvalue weighted by Gasteiger charge is 2.40. The minimum atomic E-state index is -0.0371. The van der Waals surface area contributed by atoms with E-state index in [9.17, 15) is 4.79 Å². The Morgan fingerprint density at radius 1 is 0.824 bits per heavy atom. The molecule has 0 aromatic heterocycles. The molecule has 7 rings (SSSR count). The van der Waals surface area contributed by atoms with Gasteiger partial charge >= 0.3 is 0 Å². The van der Waals surface area contributed by atoms with Crippen LogP contribution in [0, 0.1) is 5.92 Å². The molecule has 0 saturated heterocycles. The Kier molecular flexibility index (Phi) is 1.68. The van der Waals surface area contributed by atoms with E-state index in [4.69, 9.17) is 0 Å². The Labute approximate surface area is 100 Å². The lowest BCUT2D eigenvalue weighted by Gasteiger charge is -2.40. The van der Waals surface area contributed by atoms with Crippen LogP contribution in [-0.2, 0) is 4.79 Å². The minimum absolute atomic E-state index is 0.0371. The van der Waals surface area contributed by atoms with Crippen LogP contribution in [0.1, 0.15) is 23.0 Å². The van der Waals surface area contributed by atoms with Gasteiger partial charge < -0.3 is 5.32 Å². The highest BCUT2D eigenvalue weighted by Crippen LogP contribution is 2.44. The molecule has 1 N–H and O–H groups in total. The second-order valence-electron chi connectivity index (χ2n) is 5.01. The predicted molar refractivity (Wildman–Crippen MR) is 65.6 cm³/mol. The number of allylic oxidation sites excluding steroid dienone is 1. The predicted octanol–water partition coefficient (Wildman–Crippen LogP) is 2.11. The van der Waals surface area contributed by atoms with E-state index in [0.29, 0.717) is 5.92 Å². The lowest BCUT2D eigenvalue weighted by Crippen LogP contribution is -2.48. The highest BCUT2D eigenvalue weighted by atomic mass is 16.2. The molecular formula is C15H13NO. The van der Waals surface area contributed by atoms with Crippen molar-refractivity contribution in [2.45, 2.75) is 17.9 Å². The van der Waals surface area contributed by atoms with Crippen LogP contribution in [0.5, 0.6) is 0 Å². The Balaban J connectivity index is 2.00. The summed E-state index contributed by atoms with van der Waals surface area (Å²) < 4.78 is 0. The summed E-state index contributed by atoms with van der Waals surface area (Å²) in [6.07, 6.45) is 8.71. The van der Waals surface area contributed by atoms with Crippen LogP contribution in [0.15, 0.2) is 48.6 Å². The molecule has 0 saturated carbocycles. The van der Waals surface area contributed by atoms with Crippen molar-refractivity contribution in [3.63, 3.8) is 0 Å². The largest absolute Gasteiger partial charge is 0.348 e. The fraction of sp³-hybridized carbons (Fsp3) is 0.267. The second kappa shape index (κ2) is 3.10. The van der Waals surface area contributed by atoms with E-state index in [1.54, 1.807) is 0 Å². The van der Waals surface area contributed by atoms with E-state index in [1.807, 2.05) is 0 Å². The third-order valence-corrected chi connectivity index (χ3v) is 4.15. The molecule has 3 heterocycles. The molecule has 84 valence electrons. The molecule has 2 nitrogen and oxygen atoms in total. The molecule has 4 bridgehead atoms. The van der Waals surface area contributed by atoms with Gasteiger partial charge in [0, 0.05) is 11.8 Å². The van der Waals surface area contributed by atoms with E-state index in [-0.39, 0.29) is 23.8 Å². The van der Waals surface area contributed by atoms with Gasteiger partial charge in [0.1, 0.15) is 0 Å². The highest BCUT2D eigenvalue weighted by molar-refractivity contribution is 5.85. The van der Waals surface area contributed by atoms with E-state index in [2.05, 4.69) is 53.9 Å². The van der Waals surface area contributed by atoms with Gasteiger partial charge in [-0.15, -0.1) is 0 Å². The summed E-state index contributed by atoms with van der Waals surface area (Å²) in [5.41, 5.74) is 2.70. The number of carbonyl (C=O) groups is 1. The second-order valence-corrected chi connectivity index (χ2v) is 5.01. The summed E-state index contributed by atoms with van der Waals surface area (Å²) in [5.74, 6) is 0.639. The van der Waals surface area contributed by atoms with Gasteiger partial charge in [0.15, 0.2) is 0 Å². The standard InChI is InChI=1S/C15H13NO/c17-15-13-7-8-14(16-15)12-6-5-11(13)9-3-1-2-4-10(9)12/h1-8,11-14H,(H,16,17)/t11-,12+,13-,14+/m1/s1. The zero-order valence-corrected chi connectivity index (χ0v) is 9.34. The minimum Gasteiger partial charge on any atom is -0.348 e. The summed E-state index contributed by atoms with van der Waals surface area (Å²) in [6, 6.07) is 8.63. The average molecular weight is 223 g/mol. The van der Waals surface area contributed by atoms with Crippen molar-refractivity contribution in [3.05, 3.63) is 59.7 Å². The summed E-state index contributed by atoms with van der Waals surface area (Å²) in [5, 5.41) is 3.11. The number of benzene rings is 1. The average Bonchev–Trinajstić information content (AvgIpc) is 2.34. The van der Waals surface area contributed by atoms with E-state index < -0.39 is 0 Å². The zero-order valence-electron chi connectivity index (χ0n) is 9.34. The quantitative estimate of drug-likeness (QED) is 0.670. The maximum atomic E-state index is 12.0. The molecule has 1 aromatic carbocycles. The van der Waals surface area contributed by atoms with Crippen molar-refractivity contribution >= 4 is 5.91 Å². The van der Waals surface area contributed by atoms with Crippen LogP contribution >= 0.6 is 0 Å². The van der Waals surface area contributed by atoms with Gasteiger partial charge in [-0.3, -0.25) is 4.79 Å². The molecule has 3 aliphatic carbocycles. The molecular weight excluding hydrogens is 210 g/mol. The third kappa shape index (κ3) is 1.13. The van der Waals surface area contributed by atoms with E-state index in [1.165, 1.54) is 11.1 Å². The van der Waals surface area contributed by atoms with E-state index in [0.717, 1.165) is 0 Å². The maximum absolute atomic E-state index is 12.0. The molecule has 17 heavy (non-hydrogen) atoms. The van der Waals surface area contributed by atoms with Gasteiger partial charge in [-0.25, -0.2) is 0 Å². The molecule has 3 aliphatic heterocycles. The first kappa shape index (κ1) is 9.23. The molecule has 0 spiro atoms. The van der Waals surface area contributed by atoms with Crippen LogP contribution in [0.2, 0.25) is 0 Å². The van der Waals surface area contributed by atoms with Crippen molar-refractivity contribution in [2.75, 3.05) is 0 Å². The van der Waals surface area contributed by atoms with Gasteiger partial charge in [-0.2, -0.15) is 0 Å². The smallest absolute Gasteiger partial charge is 0.228 e. The van der Waals surface area contributed by atoms with Crippen LogP contribution in [0.4, 0.5) is 0 Å². The van der Waals surface area contributed by atoms with Gasteiger partial charge in [-0.05, 0) is 11.1 Å². The third-order valence-electron chi connectivity index (χ3n) is 4.15. The number of rotatable bonds is 0. The van der Waals surface area contributed by atoms with Crippen molar-refractivity contribution in [1.29, 1.82) is 0 Å². The van der Waals surface area contributed by atoms with Crippen LogP contribution in [0.3, 0.4) is 0 Å². The van der Waals surface area contributed by atoms with Gasteiger partial charge in [0.2, 0.25) is 5.91 Å². The first-order valence-electron chi connectivity index (χ1n) is 6.10. The Morgan fingerprint density at radius 2 is 1.47 bits per heavy atom. The first-order valence-corrected chi connectivity index (χ1v) is 6.10. The lowest BCUT2D eigenvalue weighted by atomic mass is 9.69. The monoisotopic (exact) mass is 223 g/mol. The van der Waals surface area contributed by atoms with E-state index >= 15 is 0 Å². The van der Waals surface area contributed by atoms with Gasteiger partial charge in [0.05, 0.1) is 12.0 Å². The van der Waals surface area contributed by atoms with Gasteiger partial charge in [-0.1, -0.05) is 48.6 Å². The fourth-order valence-electron chi connectivity index (χ4n) is 3.32. The zero-order chi connectivity index (χ0) is 11.4. The molecule has 2 heteroatoms. The lowest BCUT2D eigenvalue weighted by molar-refractivity contribution is -0.125. The molecule has 0 unspecified atom stereocenters. The molecule has 0 radical (unpaired) electrons. The van der Waals surface area contributed by atoms with Crippen molar-refractivity contribution in [3.8, 4) is 0 Å². The summed E-state index contributed by atoms with van der Waals surface area (Å²) >= 11 is 0. The molecule has 1 amide bonds. The normalized spacial score (nSPS) is 36.4. The number of hydrogen-bond donors (Lipinski definition) is 1. The summed E-state index contributed by atoms with van der Waals surface area (Å²) in [7, 11) is 0. The Morgan fingerprint density at radius 3 is 2.24 bits per heavy atom. The Hall–Kier alpha value is -1.83. The van der Waals surface area contributed by atoms with Crippen LogP contribution in [-0.4, -0.2) is 11.9 Å². The SMILES string of the molecule is O=C1N[C@H]2C=C[C@@H]1[C@@H]1C=C[C@H]2c2ccccc21. The van der Waals surface area contributed by atoms with Crippen molar-refractivity contribution < 1.29 is 4.79 Å². The number of nitrogens with one attached hydrogen (secondary N) is 1. The van der Waals surface area contributed by atoms with Crippen LogP contribution < -0.4 is 5.32 Å². The summed E-state index contributed by atoms with van der Waals surface area (Å²) in [6.45, 7) is 0. The Bertz CT molecular complexity index is 558. The molecule has 1 aromatic rings. The molecule has 6 aliphatic rings. The van der Waals surface area contributed by atoms with Crippen molar-refractivity contribution in [2.24, 2.45) is 5.92 Å². The number of amides is 1. The fourth-order valence-corrected chi connectivity index (χ4v) is 3.32. The number of carbonyl (C=O) groups excluding carboxylic acids is 1. The summed E-state index contributed by atoms with van der Waals surface area (Å²) in [4.78, 5) is 12.0.